The fraction of sp³-hybridized carbons (Fsp3) is 0. The molecule has 2 rings (SSSR count). The molecule has 0 bridgehead atoms. The molecule has 0 heterocycles. The van der Waals surface area contributed by atoms with Gasteiger partial charge < -0.3 is 11.2 Å². The Morgan fingerprint density at radius 1 is 0.800 bits per heavy atom. The molecule has 0 spiro atoms. The quantitative estimate of drug-likeness (QED) is 0.491. The van der Waals surface area contributed by atoms with Gasteiger partial charge in [-0.05, 0) is 0 Å². The summed E-state index contributed by atoms with van der Waals surface area (Å²) in [7, 11) is 0. The van der Waals surface area contributed by atoms with Crippen LogP contribution in [0.5, 0.6) is 0 Å². The number of hydrogen-bond acceptors (Lipinski definition) is 0. The van der Waals surface area contributed by atoms with E-state index in [-0.39, 0.29) is 43.2 Å². The Morgan fingerprint density at radius 2 is 1.27 bits per heavy atom. The summed E-state index contributed by atoms with van der Waals surface area (Å²) < 4.78 is 0. The van der Waals surface area contributed by atoms with Crippen LogP contribution in [-0.2, 0) is 0 Å². The van der Waals surface area contributed by atoms with E-state index in [0.717, 1.165) is 0 Å². The van der Waals surface area contributed by atoms with Crippen LogP contribution in [0.4, 0.5) is 5.69 Å². The molecule has 0 aliphatic heterocycles. The molecule has 0 aromatic heterocycles. The van der Waals surface area contributed by atoms with Crippen molar-refractivity contribution in [2.24, 2.45) is 0 Å². The topological polar surface area (TPSA) is 55.3 Å². The molecule has 2 nitrogen and oxygen atoms in total. The van der Waals surface area contributed by atoms with Gasteiger partial charge in [-0.1, -0.05) is 30.3 Å². The minimum atomic E-state index is 0. The van der Waals surface area contributed by atoms with Crippen LogP contribution in [0.2, 0.25) is 0 Å². The van der Waals surface area contributed by atoms with Crippen molar-refractivity contribution in [3.05, 3.63) is 72.5 Å². The Morgan fingerprint density at radius 3 is 1.47 bits per heavy atom. The van der Waals surface area contributed by atoms with Gasteiger partial charge in [0.2, 0.25) is 0 Å². The van der Waals surface area contributed by atoms with Gasteiger partial charge in [-0.2, -0.15) is 36.4 Å². The van der Waals surface area contributed by atoms with E-state index in [1.54, 1.807) is 12.1 Å². The Kier molecular flexibility index (Phi) is 13.0. The molecule has 0 unspecified atom stereocenters. The summed E-state index contributed by atoms with van der Waals surface area (Å²) in [6.07, 6.45) is 0. The zero-order valence-electron chi connectivity index (χ0n) is 8.48. The number of hydrogen-bond donors (Lipinski definition) is 0. The summed E-state index contributed by atoms with van der Waals surface area (Å²) in [4.78, 5) is 0. The summed E-state index contributed by atoms with van der Waals surface area (Å²) in [5.74, 6) is 0. The Hall–Kier alpha value is -0.540. The van der Waals surface area contributed by atoms with Crippen LogP contribution >= 0.6 is 0 Å². The summed E-state index contributed by atoms with van der Waals surface area (Å²) in [6.45, 7) is 0. The van der Waals surface area contributed by atoms with E-state index < -0.39 is 0 Å². The van der Waals surface area contributed by atoms with Crippen LogP contribution in [0, 0.1) is 6.07 Å². The van der Waals surface area contributed by atoms with Gasteiger partial charge in [0.1, 0.15) is 0 Å². The maximum Gasteiger partial charge on any atom is 2.00 e. The van der Waals surface area contributed by atoms with Gasteiger partial charge in [0, 0.05) is 0 Å². The standard InChI is InChI=1S/C6H6N.C6H5.Ca.H2O/c7-6-4-2-1-3-5-6;1-2-4-6-5-3-1;;/h1-5,7H;1-5H;;1H2/q2*-1;+2;. The molecule has 0 radical (unpaired) electrons. The average Bonchev–Trinajstić information content (AvgIpc) is 2.22. The van der Waals surface area contributed by atoms with Crippen molar-refractivity contribution in [3.63, 3.8) is 0 Å². The van der Waals surface area contributed by atoms with E-state index in [1.165, 1.54) is 0 Å². The Bertz CT molecular complexity index is 286. The normalized spacial score (nSPS) is 7.20. The van der Waals surface area contributed by atoms with Gasteiger partial charge in [0.25, 0.3) is 0 Å². The second kappa shape index (κ2) is 11.5. The molecule has 0 aliphatic rings. The van der Waals surface area contributed by atoms with Crippen LogP contribution in [0.3, 0.4) is 0 Å². The summed E-state index contributed by atoms with van der Waals surface area (Å²) in [5.41, 5.74) is 7.57. The third-order valence-corrected chi connectivity index (χ3v) is 1.38. The summed E-state index contributed by atoms with van der Waals surface area (Å²) in [6, 6.07) is 21.6. The SMILES string of the molecule is O.[Ca+2].[NH-]c1ccccc1.[c-]1ccccc1. The first-order valence-electron chi connectivity index (χ1n) is 4.07. The smallest absolute Gasteiger partial charge is 0.699 e. The van der Waals surface area contributed by atoms with Crippen molar-refractivity contribution in [2.45, 2.75) is 0 Å². The molecule has 0 saturated heterocycles. The van der Waals surface area contributed by atoms with Gasteiger partial charge in [-0.25, -0.2) is 0 Å². The van der Waals surface area contributed by atoms with Crippen molar-refractivity contribution >= 4 is 43.4 Å². The molecule has 3 N–H and O–H groups in total. The van der Waals surface area contributed by atoms with E-state index in [0.29, 0.717) is 5.69 Å². The molecule has 2 aromatic rings. The first-order chi connectivity index (χ1) is 6.39. The first kappa shape index (κ1) is 16.9. The number of benzene rings is 2. The zero-order valence-corrected chi connectivity index (χ0v) is 10.7. The van der Waals surface area contributed by atoms with Crippen LogP contribution < -0.4 is 0 Å². The van der Waals surface area contributed by atoms with Gasteiger partial charge in [-0.3, -0.25) is 0 Å². The molecule has 74 valence electrons. The van der Waals surface area contributed by atoms with Gasteiger partial charge in [0.15, 0.2) is 0 Å². The van der Waals surface area contributed by atoms with Crippen molar-refractivity contribution < 1.29 is 5.48 Å². The molecule has 0 aliphatic carbocycles. The molecule has 3 heteroatoms. The molecule has 0 atom stereocenters. The van der Waals surface area contributed by atoms with Crippen molar-refractivity contribution in [3.8, 4) is 0 Å². The van der Waals surface area contributed by atoms with Gasteiger partial charge >= 0.3 is 37.7 Å². The average molecular weight is 227 g/mol. The first-order valence-corrected chi connectivity index (χ1v) is 4.07. The van der Waals surface area contributed by atoms with E-state index in [4.69, 9.17) is 5.73 Å². The predicted molar refractivity (Wildman–Crippen MR) is 65.1 cm³/mol. The minimum Gasteiger partial charge on any atom is -0.699 e. The van der Waals surface area contributed by atoms with E-state index in [9.17, 15) is 0 Å². The maximum atomic E-state index is 7.00. The molecule has 0 amide bonds. The van der Waals surface area contributed by atoms with Crippen LogP contribution in [-0.4, -0.2) is 43.2 Å². The van der Waals surface area contributed by atoms with E-state index in [1.807, 2.05) is 48.5 Å². The van der Waals surface area contributed by atoms with Gasteiger partial charge in [0.05, 0.1) is 0 Å². The third-order valence-electron chi connectivity index (χ3n) is 1.38. The van der Waals surface area contributed by atoms with Crippen LogP contribution in [0.25, 0.3) is 5.73 Å². The van der Waals surface area contributed by atoms with Crippen molar-refractivity contribution in [1.29, 1.82) is 0 Å². The summed E-state index contributed by atoms with van der Waals surface area (Å²) in [5, 5.41) is 0. The molecule has 2 aromatic carbocycles. The summed E-state index contributed by atoms with van der Waals surface area (Å²) >= 11 is 0. The van der Waals surface area contributed by atoms with Crippen LogP contribution in [0.1, 0.15) is 0 Å². The second-order valence-corrected chi connectivity index (χ2v) is 2.44. The van der Waals surface area contributed by atoms with E-state index in [2.05, 4.69) is 6.07 Å². The monoisotopic (exact) mass is 227 g/mol. The number of nitrogens with one attached hydrogen (secondary N) is 1. The molecular formula is C12H13CaNO. The van der Waals surface area contributed by atoms with Crippen LogP contribution in [0.15, 0.2) is 60.7 Å². The molecule has 15 heavy (non-hydrogen) atoms. The maximum absolute atomic E-state index is 7.00. The van der Waals surface area contributed by atoms with Crippen molar-refractivity contribution in [2.75, 3.05) is 0 Å². The fourth-order valence-corrected chi connectivity index (χ4v) is 0.780. The second-order valence-electron chi connectivity index (χ2n) is 2.44. The number of rotatable bonds is 0. The fourth-order valence-electron chi connectivity index (χ4n) is 0.780. The largest absolute Gasteiger partial charge is 2.00 e. The predicted octanol–water partition coefficient (Wildman–Crippen LogP) is 2.65. The van der Waals surface area contributed by atoms with Crippen molar-refractivity contribution in [1.82, 2.24) is 0 Å². The third kappa shape index (κ3) is 9.76. The van der Waals surface area contributed by atoms with E-state index >= 15 is 0 Å². The Balaban J connectivity index is 0. The Labute approximate surface area is 120 Å². The zero-order chi connectivity index (χ0) is 9.36. The minimum absolute atomic E-state index is 0. The van der Waals surface area contributed by atoms with Gasteiger partial charge in [-0.15, -0.1) is 5.69 Å². The molecular weight excluding hydrogens is 214 g/mol. The molecule has 0 fully saturated rings. The molecule has 0 saturated carbocycles.